The van der Waals surface area contributed by atoms with E-state index in [-0.39, 0.29) is 29.6 Å². The van der Waals surface area contributed by atoms with Gasteiger partial charge < -0.3 is 19.5 Å². The number of imide groups is 1. The summed E-state index contributed by atoms with van der Waals surface area (Å²) in [4.78, 5) is 28.5. The van der Waals surface area contributed by atoms with Gasteiger partial charge in [0, 0.05) is 0 Å². The fourth-order valence-corrected chi connectivity index (χ4v) is 7.11. The Morgan fingerprint density at radius 3 is 2.64 bits per heavy atom. The molecule has 7 nitrogen and oxygen atoms in total. The third-order valence-corrected chi connectivity index (χ3v) is 9.06. The van der Waals surface area contributed by atoms with Gasteiger partial charge >= 0.3 is 7.12 Å². The summed E-state index contributed by atoms with van der Waals surface area (Å²) in [6.07, 6.45) is 4.77. The van der Waals surface area contributed by atoms with Crippen LogP contribution < -0.4 is 9.64 Å². The Kier molecular flexibility index (Phi) is 8.21. The minimum Gasteiger partial charge on any atom is -0.504 e. The van der Waals surface area contributed by atoms with E-state index in [1.54, 1.807) is 18.2 Å². The lowest BCUT2D eigenvalue weighted by atomic mass is 9.58. The average Bonchev–Trinajstić information content (AvgIpc) is 3.18. The van der Waals surface area contributed by atoms with E-state index < -0.39 is 19.0 Å². The summed E-state index contributed by atoms with van der Waals surface area (Å²) in [5, 5.41) is 20.9. The molecule has 39 heavy (non-hydrogen) atoms. The Hall–Kier alpha value is -2.63. The van der Waals surface area contributed by atoms with Crippen LogP contribution >= 0.6 is 22.6 Å². The second kappa shape index (κ2) is 11.5. The van der Waals surface area contributed by atoms with E-state index in [1.165, 1.54) is 17.6 Å². The average molecular weight is 641 g/mol. The van der Waals surface area contributed by atoms with Crippen LogP contribution in [0.5, 0.6) is 11.5 Å². The number of allylic oxidation sites excluding steroid dienone is 2. The number of methoxy groups -OCH3 is 1. The normalized spacial score (nSPS) is 25.2. The summed E-state index contributed by atoms with van der Waals surface area (Å²) in [5.74, 6) is -0.857. The first-order valence-corrected chi connectivity index (χ1v) is 14.5. The van der Waals surface area contributed by atoms with Gasteiger partial charge in [-0.2, -0.15) is 0 Å². The molecule has 2 fully saturated rings. The highest BCUT2D eigenvalue weighted by atomic mass is 127. The van der Waals surface area contributed by atoms with Gasteiger partial charge in [0.2, 0.25) is 11.8 Å². The summed E-state index contributed by atoms with van der Waals surface area (Å²) in [6.45, 7) is 4.13. The number of benzene rings is 2. The Labute approximate surface area is 243 Å². The highest BCUT2D eigenvalue weighted by Gasteiger charge is 2.57. The van der Waals surface area contributed by atoms with Gasteiger partial charge in [-0.1, -0.05) is 42.3 Å². The summed E-state index contributed by atoms with van der Waals surface area (Å²) in [7, 11) is 0.546. The van der Waals surface area contributed by atoms with Crippen LogP contribution in [0.25, 0.3) is 6.08 Å². The molecule has 2 saturated heterocycles. The quantitative estimate of drug-likeness (QED) is 0.177. The largest absolute Gasteiger partial charge is 0.504 e. The fraction of sp³-hybridized carbons (Fsp3) is 0.400. The van der Waals surface area contributed by atoms with E-state index in [0.717, 1.165) is 29.6 Å². The first kappa shape index (κ1) is 27.9. The summed E-state index contributed by atoms with van der Waals surface area (Å²) >= 11 is 2.08. The SMILES string of the molecule is CCC1=C2[C@@H](CC/C(C)=C/c3cc(I)c(O)c(OC)c3)OB(O)C[C@@H]2[C@@H]2C(=O)N(c3ccccc3)C(=O)[C@@H]2C1. The minimum atomic E-state index is -0.985. The number of hydrogen-bond acceptors (Lipinski definition) is 6. The van der Waals surface area contributed by atoms with Crippen molar-refractivity contribution in [3.63, 3.8) is 0 Å². The van der Waals surface area contributed by atoms with Crippen LogP contribution in [0.3, 0.4) is 0 Å². The molecule has 2 N–H and O–H groups in total. The van der Waals surface area contributed by atoms with Crippen molar-refractivity contribution in [1.82, 2.24) is 0 Å². The van der Waals surface area contributed by atoms with Gasteiger partial charge in [0.05, 0.1) is 34.3 Å². The molecule has 0 bridgehead atoms. The lowest BCUT2D eigenvalue weighted by Crippen LogP contribution is -2.46. The number of anilines is 1. The van der Waals surface area contributed by atoms with Crippen LogP contribution in [0.1, 0.15) is 45.1 Å². The number of phenols is 1. The molecule has 4 atom stereocenters. The van der Waals surface area contributed by atoms with Crippen molar-refractivity contribution in [1.29, 1.82) is 0 Å². The number of hydrogen-bond donors (Lipinski definition) is 2. The Balaban J connectivity index is 1.40. The third-order valence-electron chi connectivity index (χ3n) is 8.23. The molecule has 0 unspecified atom stereocenters. The van der Waals surface area contributed by atoms with Crippen molar-refractivity contribution in [2.75, 3.05) is 12.0 Å². The Morgan fingerprint density at radius 2 is 1.95 bits per heavy atom. The molecule has 204 valence electrons. The molecule has 5 rings (SSSR count). The number of phenolic OH excluding ortho intramolecular Hbond substituents is 1. The maximum atomic E-state index is 13.7. The predicted molar refractivity (Wildman–Crippen MR) is 159 cm³/mol. The number of fused-ring (bicyclic) bond motifs is 3. The molecule has 0 saturated carbocycles. The minimum absolute atomic E-state index is 0.129. The van der Waals surface area contributed by atoms with E-state index in [1.807, 2.05) is 31.2 Å². The number of halogens is 1. The Morgan fingerprint density at radius 1 is 1.21 bits per heavy atom. The standard InChI is InChI=1S/C30H33BINO6/c1-4-19-15-21-27(30(36)33(29(21)35)20-8-6-5-7-9-20)22-16-31(37)39-24(26(19)22)11-10-17(2)12-18-13-23(32)28(34)25(14-18)38-3/h5-9,12-14,21-22,24,27,34,37H,4,10-11,15-16H2,1-3H3/b17-12+/t21-,22+,24-,27-/m1/s1. The van der Waals surface area contributed by atoms with Crippen LogP contribution in [-0.2, 0) is 14.2 Å². The Bertz CT molecular complexity index is 1340. The molecule has 2 aromatic rings. The van der Waals surface area contributed by atoms with Crippen molar-refractivity contribution in [3.05, 3.63) is 68.3 Å². The second-order valence-electron chi connectivity index (χ2n) is 10.6. The summed E-state index contributed by atoms with van der Waals surface area (Å²) < 4.78 is 12.1. The fourth-order valence-electron chi connectivity index (χ4n) is 6.48. The van der Waals surface area contributed by atoms with Gasteiger partial charge in [-0.15, -0.1) is 0 Å². The highest BCUT2D eigenvalue weighted by molar-refractivity contribution is 14.1. The van der Waals surface area contributed by atoms with Gasteiger partial charge in [-0.3, -0.25) is 14.5 Å². The monoisotopic (exact) mass is 641 g/mol. The number of carbonyl (C=O) groups excluding carboxylic acids is 2. The van der Waals surface area contributed by atoms with Crippen LogP contribution in [0.15, 0.2) is 59.2 Å². The molecule has 2 heterocycles. The van der Waals surface area contributed by atoms with Gasteiger partial charge in [0.25, 0.3) is 0 Å². The van der Waals surface area contributed by atoms with E-state index in [4.69, 9.17) is 9.39 Å². The zero-order valence-corrected chi connectivity index (χ0v) is 24.6. The first-order valence-electron chi connectivity index (χ1n) is 13.4. The molecule has 9 heteroatoms. The van der Waals surface area contributed by atoms with Gasteiger partial charge in [0.1, 0.15) is 0 Å². The third kappa shape index (κ3) is 5.28. The smallest absolute Gasteiger partial charge is 0.455 e. The molecule has 2 amide bonds. The first-order chi connectivity index (χ1) is 18.7. The van der Waals surface area contributed by atoms with Crippen molar-refractivity contribution in [3.8, 4) is 11.5 Å². The summed E-state index contributed by atoms with van der Waals surface area (Å²) in [6, 6.07) is 12.8. The number of carbonyl (C=O) groups is 2. The van der Waals surface area contributed by atoms with E-state index >= 15 is 0 Å². The number of amides is 2. The van der Waals surface area contributed by atoms with Gasteiger partial charge in [-0.25, -0.2) is 0 Å². The lowest BCUT2D eigenvalue weighted by Gasteiger charge is -2.43. The van der Waals surface area contributed by atoms with Crippen LogP contribution in [0.4, 0.5) is 5.69 Å². The van der Waals surface area contributed by atoms with E-state index in [2.05, 4.69) is 35.6 Å². The highest BCUT2D eigenvalue weighted by Crippen LogP contribution is 2.51. The van der Waals surface area contributed by atoms with Crippen LogP contribution in [0.2, 0.25) is 6.32 Å². The maximum absolute atomic E-state index is 13.7. The van der Waals surface area contributed by atoms with Crippen molar-refractivity contribution in [2.24, 2.45) is 17.8 Å². The molecule has 3 aliphatic rings. The number of rotatable bonds is 7. The van der Waals surface area contributed by atoms with Crippen molar-refractivity contribution < 1.29 is 29.1 Å². The molecule has 1 aliphatic carbocycles. The van der Waals surface area contributed by atoms with E-state index in [9.17, 15) is 19.7 Å². The molecule has 2 aliphatic heterocycles. The molecular weight excluding hydrogens is 608 g/mol. The molecule has 0 spiro atoms. The maximum Gasteiger partial charge on any atom is 0.455 e. The van der Waals surface area contributed by atoms with Gasteiger partial charge in [0.15, 0.2) is 11.5 Å². The van der Waals surface area contributed by atoms with Crippen LogP contribution in [0, 0.1) is 21.3 Å². The zero-order chi connectivity index (χ0) is 27.8. The van der Waals surface area contributed by atoms with Crippen molar-refractivity contribution >= 4 is 53.3 Å². The molecule has 0 aromatic heterocycles. The molecule has 0 radical (unpaired) electrons. The second-order valence-corrected chi connectivity index (χ2v) is 11.8. The van der Waals surface area contributed by atoms with Gasteiger partial charge in [-0.05, 0) is 103 Å². The van der Waals surface area contributed by atoms with E-state index in [0.29, 0.717) is 34.2 Å². The summed E-state index contributed by atoms with van der Waals surface area (Å²) in [5.41, 5.74) is 4.93. The molecule has 2 aromatic carbocycles. The van der Waals surface area contributed by atoms with Crippen molar-refractivity contribution in [2.45, 2.75) is 52.0 Å². The number of para-hydroxylation sites is 1. The zero-order valence-electron chi connectivity index (χ0n) is 22.4. The number of aromatic hydroxyl groups is 1. The lowest BCUT2D eigenvalue weighted by molar-refractivity contribution is -0.122. The molecular formula is C30H33BINO6. The number of nitrogens with zero attached hydrogens (tertiary/aromatic N) is 1. The number of ether oxygens (including phenoxy) is 1. The van der Waals surface area contributed by atoms with Crippen LogP contribution in [-0.4, -0.2) is 42.3 Å². The predicted octanol–water partition coefficient (Wildman–Crippen LogP) is 5.60. The topological polar surface area (TPSA) is 96.3 Å².